The maximum Gasteiger partial charge on any atom is 0.246 e. The second-order valence-corrected chi connectivity index (χ2v) is 5.01. The van der Waals surface area contributed by atoms with Crippen LogP contribution in [0.4, 0.5) is 0 Å². The predicted octanol–water partition coefficient (Wildman–Crippen LogP) is 0.0269. The van der Waals surface area contributed by atoms with E-state index >= 15 is 0 Å². The molecule has 0 aromatic rings. The van der Waals surface area contributed by atoms with Crippen molar-refractivity contribution < 1.29 is 14.7 Å². The summed E-state index contributed by atoms with van der Waals surface area (Å²) in [6, 6.07) is -0.310. The van der Waals surface area contributed by atoms with Gasteiger partial charge in [-0.3, -0.25) is 14.5 Å². The van der Waals surface area contributed by atoms with E-state index < -0.39 is 0 Å². The number of hydrogen-bond acceptors (Lipinski definition) is 4. The van der Waals surface area contributed by atoms with Crippen LogP contribution in [-0.4, -0.2) is 47.1 Å². The summed E-state index contributed by atoms with van der Waals surface area (Å²) in [7, 11) is 1.52. The molecular weight excluding hydrogens is 220 g/mol. The van der Waals surface area contributed by atoms with Crippen LogP contribution < -0.4 is 5.32 Å². The molecular formula is C12H20N2O3. The van der Waals surface area contributed by atoms with E-state index in [4.69, 9.17) is 0 Å². The van der Waals surface area contributed by atoms with Crippen molar-refractivity contribution in [2.45, 2.75) is 56.7 Å². The smallest absolute Gasteiger partial charge is 0.246 e. The first-order valence-corrected chi connectivity index (χ1v) is 6.34. The molecule has 0 radical (unpaired) electrons. The van der Waals surface area contributed by atoms with Gasteiger partial charge in [0, 0.05) is 19.5 Å². The Balaban J connectivity index is 1.94. The van der Waals surface area contributed by atoms with Crippen LogP contribution in [0.25, 0.3) is 0 Å². The van der Waals surface area contributed by atoms with Gasteiger partial charge in [0.05, 0.1) is 12.1 Å². The normalized spacial score (nSPS) is 35.2. The van der Waals surface area contributed by atoms with Gasteiger partial charge >= 0.3 is 0 Å². The zero-order chi connectivity index (χ0) is 12.4. The minimum atomic E-state index is -0.362. The van der Waals surface area contributed by atoms with Gasteiger partial charge in [-0.25, -0.2) is 0 Å². The molecule has 2 aliphatic rings. The van der Waals surface area contributed by atoms with E-state index in [0.717, 1.165) is 25.7 Å². The molecule has 1 aliphatic carbocycles. The number of carbonyl (C=O) groups excluding carboxylic acids is 2. The zero-order valence-corrected chi connectivity index (χ0v) is 10.2. The van der Waals surface area contributed by atoms with Gasteiger partial charge < -0.3 is 10.4 Å². The van der Waals surface area contributed by atoms with Crippen LogP contribution in [0, 0.1) is 0 Å². The van der Waals surface area contributed by atoms with Gasteiger partial charge in [0.1, 0.15) is 0 Å². The van der Waals surface area contributed by atoms with Gasteiger partial charge in [-0.15, -0.1) is 0 Å². The minimum absolute atomic E-state index is 0.000646. The molecule has 0 bridgehead atoms. The van der Waals surface area contributed by atoms with Crippen molar-refractivity contribution in [3.8, 4) is 0 Å². The van der Waals surface area contributed by atoms with Crippen LogP contribution in [0.2, 0.25) is 0 Å². The molecule has 5 nitrogen and oxygen atoms in total. The third-order valence-electron chi connectivity index (χ3n) is 3.79. The fraction of sp³-hybridized carbons (Fsp3) is 0.833. The lowest BCUT2D eigenvalue weighted by atomic mass is 9.91. The van der Waals surface area contributed by atoms with E-state index in [1.165, 1.54) is 11.9 Å². The van der Waals surface area contributed by atoms with Gasteiger partial charge in [0.15, 0.2) is 0 Å². The van der Waals surface area contributed by atoms with E-state index in [0.29, 0.717) is 12.8 Å². The number of rotatable bonds is 2. The number of likely N-dealkylation sites (tertiary alicyclic amines) is 1. The Morgan fingerprint density at radius 3 is 2.65 bits per heavy atom. The van der Waals surface area contributed by atoms with Crippen LogP contribution in [0.3, 0.4) is 0 Å². The largest absolute Gasteiger partial charge is 0.392 e. The maximum absolute atomic E-state index is 11.9. The molecule has 0 aromatic heterocycles. The van der Waals surface area contributed by atoms with Crippen LogP contribution in [0.5, 0.6) is 0 Å². The van der Waals surface area contributed by atoms with Gasteiger partial charge in [0.2, 0.25) is 11.8 Å². The third-order valence-corrected chi connectivity index (χ3v) is 3.79. The van der Waals surface area contributed by atoms with Crippen molar-refractivity contribution in [2.75, 3.05) is 7.05 Å². The molecule has 0 spiro atoms. The van der Waals surface area contributed by atoms with Gasteiger partial charge in [-0.1, -0.05) is 12.8 Å². The molecule has 1 heterocycles. The quantitative estimate of drug-likeness (QED) is 0.668. The Morgan fingerprint density at radius 2 is 1.94 bits per heavy atom. The molecule has 3 atom stereocenters. The monoisotopic (exact) mass is 240 g/mol. The standard InChI is InChI=1S/C12H20N2O3/c1-14-11(16)7-6-9(12(14)17)13-8-4-2-3-5-10(8)15/h8-10,13,15H,2-7H2,1H3. The van der Waals surface area contributed by atoms with Crippen molar-refractivity contribution in [1.82, 2.24) is 10.2 Å². The predicted molar refractivity (Wildman–Crippen MR) is 62.2 cm³/mol. The highest BCUT2D eigenvalue weighted by atomic mass is 16.3. The molecule has 2 N–H and O–H groups in total. The van der Waals surface area contributed by atoms with Crippen LogP contribution >= 0.6 is 0 Å². The number of imide groups is 1. The summed E-state index contributed by atoms with van der Waals surface area (Å²) in [5.74, 6) is -0.281. The number of hydrogen-bond donors (Lipinski definition) is 2. The fourth-order valence-electron chi connectivity index (χ4n) is 2.63. The first-order valence-electron chi connectivity index (χ1n) is 6.34. The first kappa shape index (κ1) is 12.5. The summed E-state index contributed by atoms with van der Waals surface area (Å²) < 4.78 is 0. The molecule has 96 valence electrons. The highest BCUT2D eigenvalue weighted by Gasteiger charge is 2.34. The molecule has 17 heavy (non-hydrogen) atoms. The SMILES string of the molecule is CN1C(=O)CCC(NC2CCCCC2O)C1=O. The lowest BCUT2D eigenvalue weighted by molar-refractivity contribution is -0.148. The van der Waals surface area contributed by atoms with Crippen molar-refractivity contribution in [3.05, 3.63) is 0 Å². The van der Waals surface area contributed by atoms with Crippen molar-refractivity contribution >= 4 is 11.8 Å². The summed E-state index contributed by atoms with van der Waals surface area (Å²) >= 11 is 0. The molecule has 5 heteroatoms. The topological polar surface area (TPSA) is 69.6 Å². The summed E-state index contributed by atoms with van der Waals surface area (Å²) in [5, 5.41) is 13.1. The van der Waals surface area contributed by atoms with Gasteiger partial charge in [-0.2, -0.15) is 0 Å². The van der Waals surface area contributed by atoms with Crippen LogP contribution in [0.1, 0.15) is 38.5 Å². The van der Waals surface area contributed by atoms with E-state index in [9.17, 15) is 14.7 Å². The van der Waals surface area contributed by atoms with Gasteiger partial charge in [0.25, 0.3) is 0 Å². The number of piperidine rings is 1. The Morgan fingerprint density at radius 1 is 1.24 bits per heavy atom. The Labute approximate surface area is 101 Å². The van der Waals surface area contributed by atoms with Crippen molar-refractivity contribution in [2.24, 2.45) is 0 Å². The second-order valence-electron chi connectivity index (χ2n) is 5.01. The number of aliphatic hydroxyl groups is 1. The highest BCUT2D eigenvalue weighted by molar-refractivity contribution is 6.00. The van der Waals surface area contributed by atoms with E-state index in [1.807, 2.05) is 0 Å². The molecule has 0 aromatic carbocycles. The molecule has 2 rings (SSSR count). The second kappa shape index (κ2) is 5.14. The van der Waals surface area contributed by atoms with E-state index in [1.54, 1.807) is 0 Å². The lowest BCUT2D eigenvalue weighted by Crippen LogP contribution is -2.56. The van der Waals surface area contributed by atoms with E-state index in [-0.39, 0.29) is 30.0 Å². The van der Waals surface area contributed by atoms with Crippen LogP contribution in [0.15, 0.2) is 0 Å². The third kappa shape index (κ3) is 2.66. The average Bonchev–Trinajstić information content (AvgIpc) is 2.32. The molecule has 1 saturated heterocycles. The van der Waals surface area contributed by atoms with E-state index in [2.05, 4.69) is 5.32 Å². The number of carbonyl (C=O) groups is 2. The molecule has 3 unspecified atom stereocenters. The first-order chi connectivity index (χ1) is 8.09. The lowest BCUT2D eigenvalue weighted by Gasteiger charge is -2.35. The summed E-state index contributed by atoms with van der Waals surface area (Å²) in [6.07, 6.45) is 4.43. The van der Waals surface area contributed by atoms with Crippen LogP contribution in [-0.2, 0) is 9.59 Å². The fourth-order valence-corrected chi connectivity index (χ4v) is 2.63. The molecule has 1 saturated carbocycles. The minimum Gasteiger partial charge on any atom is -0.392 e. The summed E-state index contributed by atoms with van der Waals surface area (Å²) in [4.78, 5) is 24.4. The molecule has 2 fully saturated rings. The number of aliphatic hydroxyl groups excluding tert-OH is 1. The Bertz CT molecular complexity index is 319. The van der Waals surface area contributed by atoms with Gasteiger partial charge in [-0.05, 0) is 19.3 Å². The number of likely N-dealkylation sites (N-methyl/N-ethyl adjacent to an activating group) is 1. The highest BCUT2D eigenvalue weighted by Crippen LogP contribution is 2.21. The summed E-state index contributed by atoms with van der Waals surface area (Å²) in [6.45, 7) is 0. The maximum atomic E-state index is 11.9. The van der Waals surface area contributed by atoms with Crippen molar-refractivity contribution in [1.29, 1.82) is 0 Å². The summed E-state index contributed by atoms with van der Waals surface area (Å²) in [5.41, 5.74) is 0. The number of nitrogens with one attached hydrogen (secondary N) is 1. The molecule has 1 aliphatic heterocycles. The number of amides is 2. The van der Waals surface area contributed by atoms with Crippen molar-refractivity contribution in [3.63, 3.8) is 0 Å². The molecule has 2 amide bonds. The number of nitrogens with zero attached hydrogens (tertiary/aromatic N) is 1. The Hall–Kier alpha value is -0.940. The zero-order valence-electron chi connectivity index (χ0n) is 10.2. The average molecular weight is 240 g/mol. The Kier molecular flexibility index (Phi) is 3.79.